The Morgan fingerprint density at radius 1 is 1.37 bits per heavy atom. The smallest absolute Gasteiger partial charge is 0.259 e. The van der Waals surface area contributed by atoms with Crippen LogP contribution in [0.5, 0.6) is 0 Å². The van der Waals surface area contributed by atoms with Gasteiger partial charge in [-0.15, -0.1) is 0 Å². The Labute approximate surface area is 112 Å². The predicted octanol–water partition coefficient (Wildman–Crippen LogP) is 2.46. The zero-order valence-electron chi connectivity index (χ0n) is 11.2. The highest BCUT2D eigenvalue weighted by atomic mass is 16.1. The molecule has 1 aliphatic heterocycles. The number of nitrogens with zero attached hydrogens (tertiary/aromatic N) is 3. The summed E-state index contributed by atoms with van der Waals surface area (Å²) in [5.41, 5.74) is 0.728. The number of piperidine rings is 1. The number of pyridine rings is 1. The largest absolute Gasteiger partial charge is 0.353 e. The Kier molecular flexibility index (Phi) is 3.23. The fourth-order valence-corrected chi connectivity index (χ4v) is 2.91. The summed E-state index contributed by atoms with van der Waals surface area (Å²) in [5, 5.41) is 0. The van der Waals surface area contributed by atoms with Gasteiger partial charge in [0.05, 0.1) is 0 Å². The van der Waals surface area contributed by atoms with Crippen molar-refractivity contribution >= 4 is 11.5 Å². The molecular formula is C15H19N3O. The molecule has 1 saturated heterocycles. The van der Waals surface area contributed by atoms with E-state index >= 15 is 0 Å². The first-order valence-corrected chi connectivity index (χ1v) is 7.04. The SMILES string of the molecule is CC[C@H]1CCCCN1c1cc(=O)n2ccccc2n1. The number of fused-ring (bicyclic) bond motifs is 1. The van der Waals surface area contributed by atoms with Gasteiger partial charge in [0.15, 0.2) is 0 Å². The Hall–Kier alpha value is -1.84. The summed E-state index contributed by atoms with van der Waals surface area (Å²) in [6.45, 7) is 3.21. The average molecular weight is 257 g/mol. The lowest BCUT2D eigenvalue weighted by Gasteiger charge is -2.36. The summed E-state index contributed by atoms with van der Waals surface area (Å²) in [4.78, 5) is 19.1. The molecule has 0 unspecified atom stereocenters. The molecule has 0 bridgehead atoms. The molecule has 4 heteroatoms. The van der Waals surface area contributed by atoms with Crippen molar-refractivity contribution in [2.24, 2.45) is 0 Å². The summed E-state index contributed by atoms with van der Waals surface area (Å²) in [5.74, 6) is 0.836. The molecule has 0 N–H and O–H groups in total. The van der Waals surface area contributed by atoms with Crippen molar-refractivity contribution in [1.82, 2.24) is 9.38 Å². The van der Waals surface area contributed by atoms with Gasteiger partial charge < -0.3 is 4.90 Å². The van der Waals surface area contributed by atoms with Crippen molar-refractivity contribution in [3.63, 3.8) is 0 Å². The van der Waals surface area contributed by atoms with Crippen LogP contribution < -0.4 is 10.5 Å². The van der Waals surface area contributed by atoms with Gasteiger partial charge in [-0.25, -0.2) is 4.98 Å². The van der Waals surface area contributed by atoms with Gasteiger partial charge in [-0.05, 0) is 37.8 Å². The zero-order chi connectivity index (χ0) is 13.2. The summed E-state index contributed by atoms with van der Waals surface area (Å²) >= 11 is 0. The van der Waals surface area contributed by atoms with E-state index < -0.39 is 0 Å². The molecule has 0 aromatic carbocycles. The molecule has 1 fully saturated rings. The Bertz CT molecular complexity index is 635. The third-order valence-electron chi connectivity index (χ3n) is 3.95. The predicted molar refractivity (Wildman–Crippen MR) is 76.7 cm³/mol. The first-order chi connectivity index (χ1) is 9.29. The van der Waals surface area contributed by atoms with E-state index in [1.54, 1.807) is 16.7 Å². The Morgan fingerprint density at radius 2 is 2.26 bits per heavy atom. The fourth-order valence-electron chi connectivity index (χ4n) is 2.91. The van der Waals surface area contributed by atoms with Crippen LogP contribution in [0.4, 0.5) is 5.82 Å². The van der Waals surface area contributed by atoms with E-state index in [0.29, 0.717) is 6.04 Å². The summed E-state index contributed by atoms with van der Waals surface area (Å²) in [6.07, 6.45) is 6.54. The van der Waals surface area contributed by atoms with E-state index in [1.807, 2.05) is 18.2 Å². The van der Waals surface area contributed by atoms with Gasteiger partial charge in [-0.1, -0.05) is 13.0 Å². The van der Waals surface area contributed by atoms with Crippen molar-refractivity contribution in [2.75, 3.05) is 11.4 Å². The van der Waals surface area contributed by atoms with E-state index in [0.717, 1.165) is 24.4 Å². The highest BCUT2D eigenvalue weighted by Gasteiger charge is 2.22. The number of hydrogen-bond donors (Lipinski definition) is 0. The second kappa shape index (κ2) is 5.03. The molecule has 1 aliphatic rings. The molecule has 1 atom stereocenters. The molecule has 2 aromatic heterocycles. The highest BCUT2D eigenvalue weighted by molar-refractivity contribution is 5.48. The minimum absolute atomic E-state index is 0.000950. The lowest BCUT2D eigenvalue weighted by Crippen LogP contribution is -2.40. The molecular weight excluding hydrogens is 238 g/mol. The van der Waals surface area contributed by atoms with E-state index in [9.17, 15) is 4.79 Å². The van der Waals surface area contributed by atoms with Gasteiger partial charge in [-0.3, -0.25) is 9.20 Å². The van der Waals surface area contributed by atoms with Gasteiger partial charge in [0, 0.05) is 24.8 Å². The Balaban J connectivity index is 2.07. The van der Waals surface area contributed by atoms with Crippen LogP contribution in [0.1, 0.15) is 32.6 Å². The summed E-state index contributed by atoms with van der Waals surface area (Å²) in [6, 6.07) is 7.84. The van der Waals surface area contributed by atoms with Crippen LogP contribution in [-0.4, -0.2) is 22.0 Å². The molecule has 3 rings (SSSR count). The van der Waals surface area contributed by atoms with Gasteiger partial charge in [0.25, 0.3) is 5.56 Å². The van der Waals surface area contributed by atoms with Crippen molar-refractivity contribution in [3.05, 3.63) is 40.8 Å². The van der Waals surface area contributed by atoms with E-state index in [1.165, 1.54) is 19.3 Å². The van der Waals surface area contributed by atoms with Gasteiger partial charge in [0.1, 0.15) is 11.5 Å². The van der Waals surface area contributed by atoms with Crippen molar-refractivity contribution in [1.29, 1.82) is 0 Å². The molecule has 0 radical (unpaired) electrons. The van der Waals surface area contributed by atoms with E-state index in [4.69, 9.17) is 0 Å². The second-order valence-electron chi connectivity index (χ2n) is 5.13. The lowest BCUT2D eigenvalue weighted by atomic mass is 10.0. The van der Waals surface area contributed by atoms with Gasteiger partial charge in [0.2, 0.25) is 0 Å². The number of rotatable bonds is 2. The van der Waals surface area contributed by atoms with Crippen LogP contribution >= 0.6 is 0 Å². The van der Waals surface area contributed by atoms with Crippen LogP contribution in [0.3, 0.4) is 0 Å². The van der Waals surface area contributed by atoms with Crippen LogP contribution in [0.2, 0.25) is 0 Å². The highest BCUT2D eigenvalue weighted by Crippen LogP contribution is 2.24. The normalized spacial score (nSPS) is 19.8. The van der Waals surface area contributed by atoms with Gasteiger partial charge >= 0.3 is 0 Å². The Morgan fingerprint density at radius 3 is 3.11 bits per heavy atom. The molecule has 0 aliphatic carbocycles. The van der Waals surface area contributed by atoms with E-state index in [-0.39, 0.29) is 5.56 Å². The summed E-state index contributed by atoms with van der Waals surface area (Å²) in [7, 11) is 0. The molecule has 19 heavy (non-hydrogen) atoms. The standard InChI is InChI=1S/C15H19N3O/c1-2-12-7-3-5-9-17(12)14-11-15(19)18-10-6-4-8-13(18)16-14/h4,6,8,10-12H,2-3,5,7,9H2,1H3/t12-/m0/s1. The molecule has 3 heterocycles. The minimum Gasteiger partial charge on any atom is -0.353 e. The lowest BCUT2D eigenvalue weighted by molar-refractivity contribution is 0.447. The number of aromatic nitrogens is 2. The zero-order valence-corrected chi connectivity index (χ0v) is 11.2. The molecule has 4 nitrogen and oxygen atoms in total. The third-order valence-corrected chi connectivity index (χ3v) is 3.95. The van der Waals surface area contributed by atoms with Crippen molar-refractivity contribution in [3.8, 4) is 0 Å². The first kappa shape index (κ1) is 12.2. The van der Waals surface area contributed by atoms with Crippen LogP contribution in [0.15, 0.2) is 35.3 Å². The molecule has 0 saturated carbocycles. The molecule has 100 valence electrons. The van der Waals surface area contributed by atoms with Crippen LogP contribution in [-0.2, 0) is 0 Å². The minimum atomic E-state index is 0.000950. The van der Waals surface area contributed by atoms with Gasteiger partial charge in [-0.2, -0.15) is 0 Å². The summed E-state index contributed by atoms with van der Waals surface area (Å²) < 4.78 is 1.59. The van der Waals surface area contributed by atoms with Crippen LogP contribution in [0, 0.1) is 0 Å². The van der Waals surface area contributed by atoms with Crippen LogP contribution in [0.25, 0.3) is 5.65 Å². The molecule has 2 aromatic rings. The fraction of sp³-hybridized carbons (Fsp3) is 0.467. The third kappa shape index (κ3) is 2.23. The quantitative estimate of drug-likeness (QED) is 0.829. The monoisotopic (exact) mass is 257 g/mol. The first-order valence-electron chi connectivity index (χ1n) is 7.04. The maximum Gasteiger partial charge on any atom is 0.259 e. The second-order valence-corrected chi connectivity index (χ2v) is 5.13. The van der Waals surface area contributed by atoms with Crippen molar-refractivity contribution < 1.29 is 0 Å². The maximum atomic E-state index is 12.1. The topological polar surface area (TPSA) is 37.6 Å². The number of hydrogen-bond acceptors (Lipinski definition) is 3. The molecule has 0 amide bonds. The maximum absolute atomic E-state index is 12.1. The van der Waals surface area contributed by atoms with E-state index in [2.05, 4.69) is 16.8 Å². The number of anilines is 1. The van der Waals surface area contributed by atoms with Crippen molar-refractivity contribution in [2.45, 2.75) is 38.6 Å². The molecule has 0 spiro atoms. The average Bonchev–Trinajstić information content (AvgIpc) is 2.47.